The molecule has 0 rings (SSSR count). The number of aliphatic carboxylic acids is 1. The first-order valence-corrected chi connectivity index (χ1v) is 8.33. The summed E-state index contributed by atoms with van der Waals surface area (Å²) in [5.41, 5.74) is 0. The minimum atomic E-state index is -0.885. The van der Waals surface area contributed by atoms with Crippen LogP contribution in [0.5, 0.6) is 0 Å². The fraction of sp³-hybridized carbons (Fsp3) is 0.722. The molecule has 0 aliphatic carbocycles. The molecule has 124 valence electrons. The van der Waals surface area contributed by atoms with Crippen molar-refractivity contribution < 1.29 is 9.90 Å². The van der Waals surface area contributed by atoms with Crippen molar-refractivity contribution in [3.05, 3.63) is 24.3 Å². The first kappa shape index (κ1) is 22.5. The molecule has 0 bridgehead atoms. The number of carboxylic acid groups (broad SMARTS) is 1. The Hall–Kier alpha value is -0.760. The van der Waals surface area contributed by atoms with Crippen molar-refractivity contribution in [1.82, 2.24) is 0 Å². The first-order chi connectivity index (χ1) is 9.77. The van der Waals surface area contributed by atoms with Gasteiger partial charge in [-0.2, -0.15) is 0 Å². The topological polar surface area (TPSA) is 37.3 Å². The molecular formula is C18H33ClO2. The Morgan fingerprint density at radius 3 is 1.76 bits per heavy atom. The highest BCUT2D eigenvalue weighted by Gasteiger charge is 1.92. The van der Waals surface area contributed by atoms with Crippen LogP contribution in [0.4, 0.5) is 0 Å². The third-order valence-corrected chi connectivity index (χ3v) is 3.46. The molecule has 0 radical (unpaired) electrons. The molecule has 0 fully saturated rings. The van der Waals surface area contributed by atoms with Crippen molar-refractivity contribution in [2.75, 3.05) is 0 Å². The Morgan fingerprint density at radius 2 is 1.29 bits per heavy atom. The van der Waals surface area contributed by atoms with E-state index in [4.69, 9.17) is 5.11 Å². The van der Waals surface area contributed by atoms with Gasteiger partial charge in [-0.3, -0.25) is 0 Å². The number of hydrogen-bond acceptors (Lipinski definition) is 1. The van der Waals surface area contributed by atoms with E-state index < -0.39 is 5.97 Å². The van der Waals surface area contributed by atoms with Crippen LogP contribution in [0.1, 0.15) is 84.0 Å². The molecule has 0 aromatic rings. The number of halogens is 1. The number of rotatable bonds is 14. The van der Waals surface area contributed by atoms with Gasteiger partial charge in [0.15, 0.2) is 0 Å². The molecule has 0 heterocycles. The zero-order chi connectivity index (χ0) is 14.9. The third kappa shape index (κ3) is 21.7. The van der Waals surface area contributed by atoms with E-state index in [0.717, 1.165) is 12.5 Å². The summed E-state index contributed by atoms with van der Waals surface area (Å²) >= 11 is 0. The summed E-state index contributed by atoms with van der Waals surface area (Å²) in [5, 5.41) is 8.40. The zero-order valence-corrected chi connectivity index (χ0v) is 14.4. The summed E-state index contributed by atoms with van der Waals surface area (Å²) in [5.74, 6) is -0.885. The second-order valence-electron chi connectivity index (χ2n) is 5.45. The SMILES string of the molecule is CCCCCCCCCCCCCC=CC=CC(=O)O.Cl. The van der Waals surface area contributed by atoms with E-state index in [9.17, 15) is 4.79 Å². The van der Waals surface area contributed by atoms with Gasteiger partial charge in [-0.15, -0.1) is 12.4 Å². The maximum Gasteiger partial charge on any atom is 0.328 e. The summed E-state index contributed by atoms with van der Waals surface area (Å²) in [6, 6.07) is 0. The van der Waals surface area contributed by atoms with E-state index in [2.05, 4.69) is 6.92 Å². The van der Waals surface area contributed by atoms with Crippen LogP contribution in [0.25, 0.3) is 0 Å². The number of allylic oxidation sites excluding steroid dienone is 3. The molecule has 0 unspecified atom stereocenters. The highest BCUT2D eigenvalue weighted by atomic mass is 35.5. The van der Waals surface area contributed by atoms with Crippen LogP contribution >= 0.6 is 12.4 Å². The average Bonchev–Trinajstić information content (AvgIpc) is 2.43. The van der Waals surface area contributed by atoms with E-state index in [-0.39, 0.29) is 12.4 Å². The van der Waals surface area contributed by atoms with Crippen molar-refractivity contribution in [3.8, 4) is 0 Å². The lowest BCUT2D eigenvalue weighted by molar-refractivity contribution is -0.131. The summed E-state index contributed by atoms with van der Waals surface area (Å²) in [6.07, 6.45) is 22.7. The molecule has 2 nitrogen and oxygen atoms in total. The fourth-order valence-electron chi connectivity index (χ4n) is 2.24. The molecule has 0 aliphatic rings. The summed E-state index contributed by atoms with van der Waals surface area (Å²) in [6.45, 7) is 2.26. The average molecular weight is 317 g/mol. The maximum absolute atomic E-state index is 10.2. The molecule has 3 heteroatoms. The van der Waals surface area contributed by atoms with E-state index >= 15 is 0 Å². The molecule has 0 atom stereocenters. The van der Waals surface area contributed by atoms with Gasteiger partial charge in [-0.05, 0) is 12.8 Å². The minimum absolute atomic E-state index is 0. The largest absolute Gasteiger partial charge is 0.478 e. The van der Waals surface area contributed by atoms with Gasteiger partial charge < -0.3 is 5.11 Å². The van der Waals surface area contributed by atoms with Crippen molar-refractivity contribution >= 4 is 18.4 Å². The molecule has 0 saturated carbocycles. The lowest BCUT2D eigenvalue weighted by Crippen LogP contribution is -1.84. The van der Waals surface area contributed by atoms with E-state index in [1.54, 1.807) is 6.08 Å². The lowest BCUT2D eigenvalue weighted by Gasteiger charge is -2.01. The van der Waals surface area contributed by atoms with Crippen molar-refractivity contribution in [2.24, 2.45) is 0 Å². The number of unbranched alkanes of at least 4 members (excludes halogenated alkanes) is 11. The summed E-state index contributed by atoms with van der Waals surface area (Å²) in [7, 11) is 0. The smallest absolute Gasteiger partial charge is 0.328 e. The molecule has 21 heavy (non-hydrogen) atoms. The molecule has 1 N–H and O–H groups in total. The number of hydrogen-bond donors (Lipinski definition) is 1. The normalized spacial score (nSPS) is 11.1. The van der Waals surface area contributed by atoms with Crippen LogP contribution in [0.3, 0.4) is 0 Å². The van der Waals surface area contributed by atoms with Crippen LogP contribution in [0, 0.1) is 0 Å². The van der Waals surface area contributed by atoms with Gasteiger partial charge in [0, 0.05) is 6.08 Å². The molecule has 0 spiro atoms. The van der Waals surface area contributed by atoms with Gasteiger partial charge in [0.2, 0.25) is 0 Å². The highest BCUT2D eigenvalue weighted by Crippen LogP contribution is 2.11. The Kier molecular flexibility index (Phi) is 20.6. The van der Waals surface area contributed by atoms with Crippen LogP contribution in [-0.2, 0) is 4.79 Å². The maximum atomic E-state index is 10.2. The van der Waals surface area contributed by atoms with Gasteiger partial charge in [0.1, 0.15) is 0 Å². The van der Waals surface area contributed by atoms with Crippen molar-refractivity contribution in [3.63, 3.8) is 0 Å². The van der Waals surface area contributed by atoms with E-state index in [0.29, 0.717) is 0 Å². The monoisotopic (exact) mass is 316 g/mol. The van der Waals surface area contributed by atoms with Gasteiger partial charge in [-0.1, -0.05) is 89.4 Å². The van der Waals surface area contributed by atoms with Crippen LogP contribution in [0.2, 0.25) is 0 Å². The quantitative estimate of drug-likeness (QED) is 0.232. The fourth-order valence-corrected chi connectivity index (χ4v) is 2.24. The van der Waals surface area contributed by atoms with Gasteiger partial charge in [0.05, 0.1) is 0 Å². The molecule has 0 aliphatic heterocycles. The second kappa shape index (κ2) is 19.2. The van der Waals surface area contributed by atoms with Gasteiger partial charge in [0.25, 0.3) is 0 Å². The number of carboxylic acids is 1. The van der Waals surface area contributed by atoms with Crippen molar-refractivity contribution in [1.29, 1.82) is 0 Å². The Labute approximate surface area is 137 Å². The predicted molar refractivity (Wildman–Crippen MR) is 94.2 cm³/mol. The second-order valence-corrected chi connectivity index (χ2v) is 5.45. The molecular weight excluding hydrogens is 284 g/mol. The molecule has 0 aromatic heterocycles. The van der Waals surface area contributed by atoms with Crippen LogP contribution < -0.4 is 0 Å². The Balaban J connectivity index is 0. The Bertz CT molecular complexity index is 272. The molecule has 0 aromatic carbocycles. The standard InChI is InChI=1S/C18H32O2.ClH/c1-2-3-4-5-6-7-8-9-10-11-12-13-14-15-16-17-18(19)20;/h14-17H,2-13H2,1H3,(H,19,20);1H. The van der Waals surface area contributed by atoms with Crippen LogP contribution in [-0.4, -0.2) is 11.1 Å². The van der Waals surface area contributed by atoms with E-state index in [1.165, 1.54) is 70.6 Å². The highest BCUT2D eigenvalue weighted by molar-refractivity contribution is 5.85. The first-order valence-electron chi connectivity index (χ1n) is 8.33. The van der Waals surface area contributed by atoms with Crippen molar-refractivity contribution in [2.45, 2.75) is 84.0 Å². The number of carbonyl (C=O) groups is 1. The predicted octanol–water partition coefficient (Wildman–Crippen LogP) is 6.31. The zero-order valence-electron chi connectivity index (χ0n) is 13.6. The van der Waals surface area contributed by atoms with Gasteiger partial charge in [-0.25, -0.2) is 4.79 Å². The third-order valence-electron chi connectivity index (χ3n) is 3.46. The minimum Gasteiger partial charge on any atom is -0.478 e. The summed E-state index contributed by atoms with van der Waals surface area (Å²) in [4.78, 5) is 10.2. The molecule has 0 amide bonds. The van der Waals surface area contributed by atoms with Gasteiger partial charge >= 0.3 is 5.97 Å². The Morgan fingerprint density at radius 1 is 0.810 bits per heavy atom. The van der Waals surface area contributed by atoms with E-state index in [1.807, 2.05) is 12.2 Å². The summed E-state index contributed by atoms with van der Waals surface area (Å²) < 4.78 is 0. The molecule has 0 saturated heterocycles. The lowest BCUT2D eigenvalue weighted by atomic mass is 10.1. The van der Waals surface area contributed by atoms with Crippen LogP contribution in [0.15, 0.2) is 24.3 Å².